The SMILES string of the molecule is O=C(NO)C1(c2ccccc2)C(c2ccccc2)C1c1nccc(C2CC2)n1. The summed E-state index contributed by atoms with van der Waals surface area (Å²) in [6.45, 7) is 0. The van der Waals surface area contributed by atoms with E-state index in [4.69, 9.17) is 4.98 Å². The van der Waals surface area contributed by atoms with Crippen molar-refractivity contribution < 1.29 is 10.0 Å². The van der Waals surface area contributed by atoms with Crippen LogP contribution in [-0.4, -0.2) is 21.1 Å². The molecule has 1 amide bonds. The number of hydrogen-bond donors (Lipinski definition) is 2. The van der Waals surface area contributed by atoms with Crippen LogP contribution in [0.1, 0.15) is 53.2 Å². The van der Waals surface area contributed by atoms with Gasteiger partial charge in [0.2, 0.25) is 0 Å². The Morgan fingerprint density at radius 3 is 2.29 bits per heavy atom. The first-order chi connectivity index (χ1) is 13.8. The number of nitrogens with one attached hydrogen (secondary N) is 1. The van der Waals surface area contributed by atoms with E-state index in [1.165, 1.54) is 0 Å². The van der Waals surface area contributed by atoms with Crippen LogP contribution in [0.4, 0.5) is 0 Å². The summed E-state index contributed by atoms with van der Waals surface area (Å²) in [5, 5.41) is 9.61. The Morgan fingerprint density at radius 2 is 1.64 bits per heavy atom. The molecule has 3 atom stereocenters. The molecule has 1 aromatic heterocycles. The van der Waals surface area contributed by atoms with Gasteiger partial charge in [0.25, 0.3) is 5.91 Å². The second-order valence-electron chi connectivity index (χ2n) is 7.66. The van der Waals surface area contributed by atoms with Crippen molar-refractivity contribution in [3.05, 3.63) is 95.6 Å². The molecule has 0 bridgehead atoms. The van der Waals surface area contributed by atoms with Crippen LogP contribution in [-0.2, 0) is 10.2 Å². The lowest BCUT2D eigenvalue weighted by Crippen LogP contribution is -2.35. The van der Waals surface area contributed by atoms with Crippen molar-refractivity contribution in [2.24, 2.45) is 0 Å². The first-order valence-electron chi connectivity index (χ1n) is 9.64. The first-order valence-corrected chi connectivity index (χ1v) is 9.64. The third-order valence-corrected chi connectivity index (χ3v) is 6.06. The predicted octanol–water partition coefficient (Wildman–Crippen LogP) is 3.68. The topological polar surface area (TPSA) is 75.1 Å². The van der Waals surface area contributed by atoms with Gasteiger partial charge in [0.1, 0.15) is 5.82 Å². The molecule has 5 heteroatoms. The molecule has 2 aliphatic carbocycles. The second kappa shape index (κ2) is 6.53. The summed E-state index contributed by atoms with van der Waals surface area (Å²) in [5.74, 6) is 0.387. The van der Waals surface area contributed by atoms with Gasteiger partial charge in [-0.05, 0) is 30.0 Å². The molecule has 140 valence electrons. The van der Waals surface area contributed by atoms with Gasteiger partial charge in [-0.2, -0.15) is 0 Å². The van der Waals surface area contributed by atoms with Gasteiger partial charge in [-0.1, -0.05) is 60.7 Å². The molecule has 0 radical (unpaired) electrons. The van der Waals surface area contributed by atoms with E-state index in [-0.39, 0.29) is 11.8 Å². The van der Waals surface area contributed by atoms with E-state index in [1.54, 1.807) is 6.20 Å². The van der Waals surface area contributed by atoms with Crippen molar-refractivity contribution in [3.8, 4) is 0 Å². The number of benzene rings is 2. The molecule has 28 heavy (non-hydrogen) atoms. The Morgan fingerprint density at radius 1 is 0.964 bits per heavy atom. The Kier molecular flexibility index (Phi) is 3.98. The Hall–Kier alpha value is -3.05. The van der Waals surface area contributed by atoms with Crippen LogP contribution in [0.15, 0.2) is 72.9 Å². The molecule has 5 nitrogen and oxygen atoms in total. The summed E-state index contributed by atoms with van der Waals surface area (Å²) in [4.78, 5) is 22.5. The van der Waals surface area contributed by atoms with E-state index >= 15 is 0 Å². The number of rotatable bonds is 5. The van der Waals surface area contributed by atoms with Crippen LogP contribution in [0.3, 0.4) is 0 Å². The average molecular weight is 371 g/mol. The lowest BCUT2D eigenvalue weighted by atomic mass is 9.89. The Bertz CT molecular complexity index is 1000. The summed E-state index contributed by atoms with van der Waals surface area (Å²) < 4.78 is 0. The highest BCUT2D eigenvalue weighted by atomic mass is 16.5. The number of hydrogen-bond acceptors (Lipinski definition) is 4. The summed E-state index contributed by atoms with van der Waals surface area (Å²) in [6, 6.07) is 21.6. The van der Waals surface area contributed by atoms with Crippen molar-refractivity contribution in [1.82, 2.24) is 15.4 Å². The smallest absolute Gasteiger partial charge is 0.255 e. The number of carbonyl (C=O) groups is 1. The maximum absolute atomic E-state index is 13.1. The third-order valence-electron chi connectivity index (χ3n) is 6.06. The summed E-state index contributed by atoms with van der Waals surface area (Å²) in [7, 11) is 0. The first kappa shape index (κ1) is 17.1. The van der Waals surface area contributed by atoms with Crippen molar-refractivity contribution >= 4 is 5.91 Å². The van der Waals surface area contributed by atoms with Gasteiger partial charge in [-0.15, -0.1) is 0 Å². The highest BCUT2D eigenvalue weighted by Crippen LogP contribution is 2.70. The van der Waals surface area contributed by atoms with E-state index in [2.05, 4.69) is 4.98 Å². The van der Waals surface area contributed by atoms with Crippen LogP contribution < -0.4 is 5.48 Å². The molecule has 1 heterocycles. The van der Waals surface area contributed by atoms with E-state index < -0.39 is 11.3 Å². The molecule has 0 aliphatic heterocycles. The maximum Gasteiger partial charge on any atom is 0.255 e. The van der Waals surface area contributed by atoms with Gasteiger partial charge in [-0.25, -0.2) is 15.4 Å². The highest BCUT2D eigenvalue weighted by molar-refractivity contribution is 5.95. The predicted molar refractivity (Wildman–Crippen MR) is 104 cm³/mol. The van der Waals surface area contributed by atoms with Crippen LogP contribution in [0.25, 0.3) is 0 Å². The molecule has 0 saturated heterocycles. The molecule has 5 rings (SSSR count). The fraction of sp³-hybridized carbons (Fsp3) is 0.261. The van der Waals surface area contributed by atoms with E-state index in [9.17, 15) is 10.0 Å². The number of amides is 1. The number of aromatic nitrogens is 2. The van der Waals surface area contributed by atoms with E-state index in [1.807, 2.05) is 72.2 Å². The van der Waals surface area contributed by atoms with Crippen LogP contribution in [0.5, 0.6) is 0 Å². The minimum absolute atomic E-state index is 0.141. The molecular formula is C23H21N3O2. The molecule has 0 spiro atoms. The third kappa shape index (κ3) is 2.54. The lowest BCUT2D eigenvalue weighted by Gasteiger charge is -2.17. The molecule has 2 aliphatic rings. The molecule has 2 fully saturated rings. The monoisotopic (exact) mass is 371 g/mol. The molecule has 3 unspecified atom stereocenters. The summed E-state index contributed by atoms with van der Waals surface area (Å²) in [5.41, 5.74) is 3.94. The van der Waals surface area contributed by atoms with Gasteiger partial charge in [0.15, 0.2) is 0 Å². The van der Waals surface area contributed by atoms with Crippen molar-refractivity contribution in [1.29, 1.82) is 0 Å². The number of carbonyl (C=O) groups excluding carboxylic acids is 1. The van der Waals surface area contributed by atoms with Crippen molar-refractivity contribution in [2.75, 3.05) is 0 Å². The van der Waals surface area contributed by atoms with E-state index in [0.29, 0.717) is 11.7 Å². The van der Waals surface area contributed by atoms with Crippen LogP contribution >= 0.6 is 0 Å². The molecule has 2 aromatic carbocycles. The minimum atomic E-state index is -0.931. The average Bonchev–Trinajstić information content (AvgIpc) is 3.68. The second-order valence-corrected chi connectivity index (χ2v) is 7.66. The van der Waals surface area contributed by atoms with Gasteiger partial charge in [0, 0.05) is 29.6 Å². The molecular weight excluding hydrogens is 350 g/mol. The van der Waals surface area contributed by atoms with E-state index in [0.717, 1.165) is 29.7 Å². The standard InChI is InChI=1S/C23H21N3O2/c27-22(26-28)23(17-9-5-2-6-10-17)19(16-7-3-1-4-8-16)20(23)21-24-14-13-18(25-21)15-11-12-15/h1-10,13-15,19-20,28H,11-12H2,(H,26,27). The molecule has 2 N–H and O–H groups in total. The zero-order valence-corrected chi connectivity index (χ0v) is 15.3. The Labute approximate surface area is 163 Å². The van der Waals surface area contributed by atoms with Crippen LogP contribution in [0.2, 0.25) is 0 Å². The maximum atomic E-state index is 13.1. The quantitative estimate of drug-likeness (QED) is 0.530. The normalized spacial score (nSPS) is 25.9. The Balaban J connectivity index is 1.68. The zero-order valence-electron chi connectivity index (χ0n) is 15.3. The fourth-order valence-electron chi connectivity index (χ4n) is 4.58. The van der Waals surface area contributed by atoms with Gasteiger partial charge in [0.05, 0.1) is 5.41 Å². The van der Waals surface area contributed by atoms with Crippen LogP contribution in [0, 0.1) is 0 Å². The van der Waals surface area contributed by atoms with Crippen molar-refractivity contribution in [2.45, 2.75) is 36.0 Å². The van der Waals surface area contributed by atoms with Gasteiger partial charge < -0.3 is 0 Å². The zero-order chi connectivity index (χ0) is 19.1. The largest absolute Gasteiger partial charge is 0.289 e. The minimum Gasteiger partial charge on any atom is -0.289 e. The van der Waals surface area contributed by atoms with Gasteiger partial charge in [-0.3, -0.25) is 10.0 Å². The molecule has 3 aromatic rings. The number of nitrogens with zero attached hydrogens (tertiary/aromatic N) is 2. The summed E-state index contributed by atoms with van der Waals surface area (Å²) >= 11 is 0. The van der Waals surface area contributed by atoms with Crippen molar-refractivity contribution in [3.63, 3.8) is 0 Å². The molecule has 2 saturated carbocycles. The lowest BCUT2D eigenvalue weighted by molar-refractivity contribution is -0.132. The highest BCUT2D eigenvalue weighted by Gasteiger charge is 2.72. The summed E-state index contributed by atoms with van der Waals surface area (Å²) in [6.07, 6.45) is 4.11. The fourth-order valence-corrected chi connectivity index (χ4v) is 4.58. The van der Waals surface area contributed by atoms with Gasteiger partial charge >= 0.3 is 0 Å². The number of hydroxylamine groups is 1.